The molecule has 1 fully saturated rings. The number of methoxy groups -OCH3 is 1. The van der Waals surface area contributed by atoms with Gasteiger partial charge in [-0.25, -0.2) is 8.42 Å². The Morgan fingerprint density at radius 2 is 1.46 bits per heavy atom. The number of hydrogen-bond acceptors (Lipinski definition) is 5. The Morgan fingerprint density at radius 1 is 0.854 bits per heavy atom. The van der Waals surface area contributed by atoms with E-state index < -0.39 is 10.0 Å². The molecule has 7 nitrogen and oxygen atoms in total. The maximum atomic E-state index is 14.1. The summed E-state index contributed by atoms with van der Waals surface area (Å²) in [6, 6.07) is 32.6. The molecular weight excluding hydrogens is 536 g/mol. The third-order valence-electron chi connectivity index (χ3n) is 7.66. The summed E-state index contributed by atoms with van der Waals surface area (Å²) in [6.45, 7) is 1.71. The van der Waals surface area contributed by atoms with Gasteiger partial charge in [0.1, 0.15) is 5.75 Å². The van der Waals surface area contributed by atoms with E-state index in [0.29, 0.717) is 31.2 Å². The lowest BCUT2D eigenvalue weighted by molar-refractivity contribution is 0.0487. The van der Waals surface area contributed by atoms with Crippen LogP contribution in [0, 0.1) is 0 Å². The molecule has 0 saturated carbocycles. The Balaban J connectivity index is 1.49. The molecule has 0 aromatic heterocycles. The quantitative estimate of drug-likeness (QED) is 0.270. The molecule has 5 rings (SSSR count). The molecule has 1 aliphatic rings. The first kappa shape index (κ1) is 28.4. The molecule has 1 heterocycles. The normalized spacial score (nSPS) is 14.7. The molecule has 212 valence electrons. The van der Waals surface area contributed by atoms with Crippen LogP contribution in [0.3, 0.4) is 0 Å². The first-order chi connectivity index (χ1) is 19.9. The average Bonchev–Trinajstić information content (AvgIpc) is 3.04. The maximum Gasteiger partial charge on any atom is 0.264 e. The number of para-hydroxylation sites is 1. The zero-order chi connectivity index (χ0) is 28.7. The van der Waals surface area contributed by atoms with Gasteiger partial charge in [-0.15, -0.1) is 0 Å². The smallest absolute Gasteiger partial charge is 0.264 e. The number of sulfonamides is 1. The molecule has 1 N–H and O–H groups in total. The lowest BCUT2D eigenvalue weighted by Gasteiger charge is -2.38. The van der Waals surface area contributed by atoms with E-state index >= 15 is 0 Å². The molecule has 0 atom stereocenters. The van der Waals surface area contributed by atoms with Crippen LogP contribution >= 0.6 is 0 Å². The van der Waals surface area contributed by atoms with Crippen LogP contribution in [0.5, 0.6) is 5.75 Å². The van der Waals surface area contributed by atoms with E-state index in [9.17, 15) is 13.2 Å². The van der Waals surface area contributed by atoms with Crippen LogP contribution in [0.15, 0.2) is 114 Å². The molecule has 41 heavy (non-hydrogen) atoms. The third kappa shape index (κ3) is 6.29. The van der Waals surface area contributed by atoms with Crippen molar-refractivity contribution in [2.45, 2.75) is 29.7 Å². The van der Waals surface area contributed by atoms with Crippen LogP contribution in [0.25, 0.3) is 0 Å². The van der Waals surface area contributed by atoms with Gasteiger partial charge >= 0.3 is 0 Å². The number of rotatable bonds is 10. The van der Waals surface area contributed by atoms with Crippen molar-refractivity contribution in [3.05, 3.63) is 126 Å². The molecule has 0 bridgehead atoms. The standard InChI is InChI=1S/C33H34N2O5S/c1-39-28-16-18-29(19-17-28)41(37,38)35(24-26-10-4-2-5-11-26)31-15-9-8-14-30(31)32(36)34-25-33(20-22-40-23-21-33)27-12-6-3-7-13-27/h2-19H,20-25H2,1H3,(H,34,36). The summed E-state index contributed by atoms with van der Waals surface area (Å²) < 4.78 is 40.4. The van der Waals surface area contributed by atoms with E-state index in [4.69, 9.17) is 9.47 Å². The van der Waals surface area contributed by atoms with E-state index in [1.165, 1.54) is 23.5 Å². The predicted octanol–water partition coefficient (Wildman–Crippen LogP) is 5.57. The van der Waals surface area contributed by atoms with Gasteiger partial charge in [0.25, 0.3) is 15.9 Å². The maximum absolute atomic E-state index is 14.1. The van der Waals surface area contributed by atoms with Crippen LogP contribution < -0.4 is 14.4 Å². The Hall–Kier alpha value is -4.14. The van der Waals surface area contributed by atoms with E-state index in [-0.39, 0.29) is 28.3 Å². The fraction of sp³-hybridized carbons (Fsp3) is 0.242. The Labute approximate surface area is 241 Å². The van der Waals surface area contributed by atoms with Crippen molar-refractivity contribution in [3.63, 3.8) is 0 Å². The second kappa shape index (κ2) is 12.6. The van der Waals surface area contributed by atoms with Crippen LogP contribution in [0.4, 0.5) is 5.69 Å². The van der Waals surface area contributed by atoms with Gasteiger partial charge in [-0.3, -0.25) is 9.10 Å². The topological polar surface area (TPSA) is 84.9 Å². The lowest BCUT2D eigenvalue weighted by Crippen LogP contribution is -2.45. The van der Waals surface area contributed by atoms with Gasteiger partial charge in [0.05, 0.1) is 29.8 Å². The molecule has 1 aliphatic heterocycles. The number of nitrogens with one attached hydrogen (secondary N) is 1. The monoisotopic (exact) mass is 570 g/mol. The fourth-order valence-corrected chi connectivity index (χ4v) is 6.74. The fourth-order valence-electron chi connectivity index (χ4n) is 5.27. The van der Waals surface area contributed by atoms with Gasteiger partial charge in [-0.05, 0) is 60.4 Å². The summed E-state index contributed by atoms with van der Waals surface area (Å²) >= 11 is 0. The summed E-state index contributed by atoms with van der Waals surface area (Å²) in [4.78, 5) is 13.9. The van der Waals surface area contributed by atoms with Gasteiger partial charge in [-0.1, -0.05) is 72.8 Å². The molecular formula is C33H34N2O5S. The van der Waals surface area contributed by atoms with Crippen molar-refractivity contribution in [1.82, 2.24) is 5.32 Å². The summed E-state index contributed by atoms with van der Waals surface area (Å²) in [7, 11) is -2.51. The number of amides is 1. The second-order valence-corrected chi connectivity index (χ2v) is 12.0. The highest BCUT2D eigenvalue weighted by Crippen LogP contribution is 2.35. The lowest BCUT2D eigenvalue weighted by atomic mass is 9.74. The molecule has 4 aromatic carbocycles. The van der Waals surface area contributed by atoms with Crippen molar-refractivity contribution in [1.29, 1.82) is 0 Å². The van der Waals surface area contributed by atoms with E-state index in [1.807, 2.05) is 48.5 Å². The highest BCUT2D eigenvalue weighted by molar-refractivity contribution is 7.92. The number of nitrogens with zero attached hydrogens (tertiary/aromatic N) is 1. The minimum Gasteiger partial charge on any atom is -0.497 e. The SMILES string of the molecule is COc1ccc(S(=O)(=O)N(Cc2ccccc2)c2ccccc2C(=O)NCC2(c3ccccc3)CCOCC2)cc1. The third-order valence-corrected chi connectivity index (χ3v) is 9.43. The molecule has 1 saturated heterocycles. The summed E-state index contributed by atoms with van der Waals surface area (Å²) in [5.41, 5.74) is 2.29. The highest BCUT2D eigenvalue weighted by atomic mass is 32.2. The summed E-state index contributed by atoms with van der Waals surface area (Å²) in [6.07, 6.45) is 1.57. The highest BCUT2D eigenvalue weighted by Gasteiger charge is 2.35. The van der Waals surface area contributed by atoms with Crippen molar-refractivity contribution in [3.8, 4) is 5.75 Å². The number of benzene rings is 4. The Kier molecular flexibility index (Phi) is 8.71. The van der Waals surface area contributed by atoms with E-state index in [1.54, 1.807) is 36.4 Å². The predicted molar refractivity (Wildman–Crippen MR) is 160 cm³/mol. The van der Waals surface area contributed by atoms with E-state index in [2.05, 4.69) is 17.4 Å². The minimum absolute atomic E-state index is 0.0603. The molecule has 0 aliphatic carbocycles. The second-order valence-electron chi connectivity index (χ2n) is 10.1. The number of anilines is 1. The largest absolute Gasteiger partial charge is 0.497 e. The number of carbonyl (C=O) groups excluding carboxylic acids is 1. The molecule has 0 unspecified atom stereocenters. The van der Waals surface area contributed by atoms with Gasteiger partial charge in [-0.2, -0.15) is 0 Å². The summed E-state index contributed by atoms with van der Waals surface area (Å²) in [5, 5.41) is 3.14. The zero-order valence-electron chi connectivity index (χ0n) is 23.0. The number of carbonyl (C=O) groups is 1. The van der Waals surface area contributed by atoms with Gasteiger partial charge in [0.15, 0.2) is 0 Å². The Bertz CT molecular complexity index is 1550. The Morgan fingerprint density at radius 3 is 2.12 bits per heavy atom. The van der Waals surface area contributed by atoms with Gasteiger partial charge in [0.2, 0.25) is 0 Å². The van der Waals surface area contributed by atoms with E-state index in [0.717, 1.165) is 24.0 Å². The van der Waals surface area contributed by atoms with Crippen molar-refractivity contribution in [2.24, 2.45) is 0 Å². The first-order valence-corrected chi connectivity index (χ1v) is 15.1. The van der Waals surface area contributed by atoms with Crippen LogP contribution in [-0.2, 0) is 26.7 Å². The first-order valence-electron chi connectivity index (χ1n) is 13.6. The molecule has 0 radical (unpaired) electrons. The molecule has 8 heteroatoms. The van der Waals surface area contributed by atoms with Crippen molar-refractivity contribution in [2.75, 3.05) is 31.2 Å². The average molecular weight is 571 g/mol. The minimum atomic E-state index is -4.04. The number of hydrogen-bond donors (Lipinski definition) is 1. The molecule has 4 aromatic rings. The van der Waals surface area contributed by atoms with Gasteiger partial charge in [0, 0.05) is 25.2 Å². The van der Waals surface area contributed by atoms with Crippen LogP contribution in [0.1, 0.15) is 34.3 Å². The number of ether oxygens (including phenoxy) is 2. The van der Waals surface area contributed by atoms with Crippen molar-refractivity contribution < 1.29 is 22.7 Å². The van der Waals surface area contributed by atoms with Crippen LogP contribution in [0.2, 0.25) is 0 Å². The molecule has 0 spiro atoms. The van der Waals surface area contributed by atoms with Crippen molar-refractivity contribution >= 4 is 21.6 Å². The van der Waals surface area contributed by atoms with Crippen LogP contribution in [-0.4, -0.2) is 41.2 Å². The molecule has 1 amide bonds. The summed E-state index contributed by atoms with van der Waals surface area (Å²) in [5.74, 6) is 0.226. The zero-order valence-corrected chi connectivity index (χ0v) is 23.8. The van der Waals surface area contributed by atoms with Gasteiger partial charge < -0.3 is 14.8 Å².